The van der Waals surface area contributed by atoms with E-state index in [9.17, 15) is 4.79 Å². The summed E-state index contributed by atoms with van der Waals surface area (Å²) in [5.74, 6) is 0.571. The first kappa shape index (κ1) is 13.0. The Hall–Kier alpha value is -1.69. The lowest BCUT2D eigenvalue weighted by Gasteiger charge is -2.39. The molecule has 4 rings (SSSR count). The molecule has 5 nitrogen and oxygen atoms in total. The van der Waals surface area contributed by atoms with Gasteiger partial charge in [-0.15, -0.1) is 11.3 Å². The summed E-state index contributed by atoms with van der Waals surface area (Å²) >= 11 is 1.79. The number of hydrogen-bond donors (Lipinski definition) is 1. The molecule has 21 heavy (non-hydrogen) atoms. The zero-order valence-corrected chi connectivity index (χ0v) is 12.9. The lowest BCUT2D eigenvalue weighted by molar-refractivity contribution is 0.231. The molecule has 1 saturated heterocycles. The molecule has 0 atom stereocenters. The molecule has 1 aliphatic carbocycles. The first-order chi connectivity index (χ1) is 10.2. The standard InChI is InChI=1S/C15H18N4OS/c1-10-8-16-13(14(20)18-10)19-4-2-15(3-5-19)6-11-12(7-15)21-9-17-11/h8-9H,2-7H2,1H3,(H,18,20). The fourth-order valence-corrected chi connectivity index (χ4v) is 4.55. The van der Waals surface area contributed by atoms with E-state index < -0.39 is 0 Å². The van der Waals surface area contributed by atoms with Gasteiger partial charge >= 0.3 is 0 Å². The number of fused-ring (bicyclic) bond motifs is 1. The summed E-state index contributed by atoms with van der Waals surface area (Å²) in [4.78, 5) is 27.3. The Bertz CT molecular complexity index is 705. The summed E-state index contributed by atoms with van der Waals surface area (Å²) in [6, 6.07) is 0. The zero-order chi connectivity index (χ0) is 14.4. The SMILES string of the molecule is Cc1cnc(N2CCC3(CC2)Cc2ncsc2C3)c(=O)[nH]1. The molecule has 0 bridgehead atoms. The third-order valence-corrected chi connectivity index (χ3v) is 5.70. The van der Waals surface area contributed by atoms with Gasteiger partial charge in [-0.1, -0.05) is 0 Å². The van der Waals surface area contributed by atoms with Crippen LogP contribution < -0.4 is 10.5 Å². The normalized spacial score (nSPS) is 20.0. The van der Waals surface area contributed by atoms with Crippen molar-refractivity contribution in [2.75, 3.05) is 18.0 Å². The minimum atomic E-state index is -0.0712. The Balaban J connectivity index is 1.50. The minimum Gasteiger partial charge on any atom is -0.352 e. The second-order valence-electron chi connectivity index (χ2n) is 6.28. The van der Waals surface area contributed by atoms with Gasteiger partial charge in [0, 0.05) is 29.9 Å². The minimum absolute atomic E-state index is 0.0712. The molecule has 0 radical (unpaired) electrons. The van der Waals surface area contributed by atoms with E-state index in [1.165, 1.54) is 17.0 Å². The Kier molecular flexibility index (Phi) is 2.89. The number of aromatic nitrogens is 3. The van der Waals surface area contributed by atoms with Gasteiger partial charge in [0.25, 0.3) is 5.56 Å². The van der Waals surface area contributed by atoms with Gasteiger partial charge in [-0.3, -0.25) is 4.79 Å². The van der Waals surface area contributed by atoms with Gasteiger partial charge in [0.1, 0.15) is 0 Å². The van der Waals surface area contributed by atoms with Crippen LogP contribution >= 0.6 is 11.3 Å². The molecule has 0 aromatic carbocycles. The first-order valence-corrected chi connectivity index (χ1v) is 8.25. The van der Waals surface area contributed by atoms with Crippen LogP contribution in [0.2, 0.25) is 0 Å². The van der Waals surface area contributed by atoms with Crippen LogP contribution in [0, 0.1) is 12.3 Å². The number of rotatable bonds is 1. The average Bonchev–Trinajstić information content (AvgIpc) is 2.99. The lowest BCUT2D eigenvalue weighted by Crippen LogP contribution is -2.43. The molecule has 110 valence electrons. The number of piperidine rings is 1. The van der Waals surface area contributed by atoms with Gasteiger partial charge in [0.15, 0.2) is 5.82 Å². The van der Waals surface area contributed by atoms with E-state index in [2.05, 4.69) is 19.9 Å². The molecular weight excluding hydrogens is 284 g/mol. The summed E-state index contributed by atoms with van der Waals surface area (Å²) < 4.78 is 0. The molecule has 1 spiro atoms. The summed E-state index contributed by atoms with van der Waals surface area (Å²) in [5, 5.41) is 0. The van der Waals surface area contributed by atoms with Gasteiger partial charge < -0.3 is 9.88 Å². The highest BCUT2D eigenvalue weighted by Crippen LogP contribution is 2.45. The van der Waals surface area contributed by atoms with Gasteiger partial charge in [0.05, 0.1) is 11.2 Å². The van der Waals surface area contributed by atoms with Crippen LogP contribution in [0.3, 0.4) is 0 Å². The highest BCUT2D eigenvalue weighted by atomic mass is 32.1. The number of anilines is 1. The van der Waals surface area contributed by atoms with E-state index >= 15 is 0 Å². The van der Waals surface area contributed by atoms with E-state index in [4.69, 9.17) is 0 Å². The van der Waals surface area contributed by atoms with Crippen LogP contribution in [0.25, 0.3) is 0 Å². The molecule has 1 aliphatic heterocycles. The van der Waals surface area contributed by atoms with Crippen molar-refractivity contribution in [3.05, 3.63) is 38.3 Å². The average molecular weight is 302 g/mol. The second kappa shape index (κ2) is 4.66. The maximum atomic E-state index is 12.0. The number of H-pyrrole nitrogens is 1. The van der Waals surface area contributed by atoms with Gasteiger partial charge in [-0.25, -0.2) is 9.97 Å². The molecule has 3 heterocycles. The van der Waals surface area contributed by atoms with Gasteiger partial charge in [-0.05, 0) is 38.0 Å². The van der Waals surface area contributed by atoms with Crippen molar-refractivity contribution < 1.29 is 0 Å². The molecule has 0 amide bonds. The summed E-state index contributed by atoms with van der Waals surface area (Å²) in [7, 11) is 0. The molecule has 2 aromatic rings. The second-order valence-corrected chi connectivity index (χ2v) is 7.22. The molecule has 0 unspecified atom stereocenters. The Morgan fingerprint density at radius 1 is 1.29 bits per heavy atom. The fourth-order valence-electron chi connectivity index (χ4n) is 3.60. The third-order valence-electron chi connectivity index (χ3n) is 4.82. The van der Waals surface area contributed by atoms with Crippen LogP contribution in [-0.2, 0) is 12.8 Å². The van der Waals surface area contributed by atoms with E-state index in [1.807, 2.05) is 12.4 Å². The fraction of sp³-hybridized carbons (Fsp3) is 0.533. The van der Waals surface area contributed by atoms with Crippen LogP contribution in [0.4, 0.5) is 5.82 Å². The number of thiazole rings is 1. The summed E-state index contributed by atoms with van der Waals surface area (Å²) in [5.41, 5.74) is 4.38. The van der Waals surface area contributed by atoms with Crippen LogP contribution in [0.1, 0.15) is 29.1 Å². The van der Waals surface area contributed by atoms with E-state index in [1.54, 1.807) is 17.5 Å². The number of nitrogens with zero attached hydrogens (tertiary/aromatic N) is 3. The first-order valence-electron chi connectivity index (χ1n) is 7.37. The van der Waals surface area contributed by atoms with E-state index in [0.717, 1.165) is 38.0 Å². The molecule has 0 saturated carbocycles. The Morgan fingerprint density at radius 2 is 2.10 bits per heavy atom. The maximum Gasteiger partial charge on any atom is 0.291 e. The molecule has 2 aromatic heterocycles. The molecular formula is C15H18N4OS. The van der Waals surface area contributed by atoms with Crippen molar-refractivity contribution in [3.8, 4) is 0 Å². The number of aromatic amines is 1. The largest absolute Gasteiger partial charge is 0.352 e. The molecule has 2 aliphatic rings. The van der Waals surface area contributed by atoms with Crippen LogP contribution in [0.15, 0.2) is 16.5 Å². The van der Waals surface area contributed by atoms with Crippen molar-refractivity contribution in [3.63, 3.8) is 0 Å². The van der Waals surface area contributed by atoms with Crippen molar-refractivity contribution in [2.24, 2.45) is 5.41 Å². The summed E-state index contributed by atoms with van der Waals surface area (Å²) in [6.45, 7) is 3.68. The zero-order valence-electron chi connectivity index (χ0n) is 12.1. The highest BCUT2D eigenvalue weighted by Gasteiger charge is 2.41. The number of nitrogens with one attached hydrogen (secondary N) is 1. The number of aryl methyl sites for hydroxylation is 1. The van der Waals surface area contributed by atoms with Crippen molar-refractivity contribution in [1.82, 2.24) is 15.0 Å². The quantitative estimate of drug-likeness (QED) is 0.874. The van der Waals surface area contributed by atoms with Crippen molar-refractivity contribution in [1.29, 1.82) is 0 Å². The monoisotopic (exact) mass is 302 g/mol. The Labute approximate surface area is 127 Å². The van der Waals surface area contributed by atoms with Crippen LogP contribution in [-0.4, -0.2) is 28.0 Å². The lowest BCUT2D eigenvalue weighted by atomic mass is 9.76. The number of hydrogen-bond acceptors (Lipinski definition) is 5. The highest BCUT2D eigenvalue weighted by molar-refractivity contribution is 7.09. The molecule has 1 N–H and O–H groups in total. The third kappa shape index (κ3) is 2.18. The molecule has 1 fully saturated rings. The predicted octanol–water partition coefficient (Wildman–Crippen LogP) is 1.92. The van der Waals surface area contributed by atoms with Crippen molar-refractivity contribution >= 4 is 17.2 Å². The molecule has 6 heteroatoms. The maximum absolute atomic E-state index is 12.0. The van der Waals surface area contributed by atoms with Gasteiger partial charge in [0.2, 0.25) is 0 Å². The topological polar surface area (TPSA) is 61.9 Å². The van der Waals surface area contributed by atoms with Crippen LogP contribution in [0.5, 0.6) is 0 Å². The van der Waals surface area contributed by atoms with Gasteiger partial charge in [-0.2, -0.15) is 0 Å². The predicted molar refractivity (Wildman–Crippen MR) is 83.0 cm³/mol. The van der Waals surface area contributed by atoms with Crippen molar-refractivity contribution in [2.45, 2.75) is 32.6 Å². The Morgan fingerprint density at radius 3 is 2.81 bits per heavy atom. The summed E-state index contributed by atoms with van der Waals surface area (Å²) in [6.07, 6.45) is 6.24. The van der Waals surface area contributed by atoms with E-state index in [0.29, 0.717) is 11.2 Å². The smallest absolute Gasteiger partial charge is 0.291 e. The van der Waals surface area contributed by atoms with E-state index in [-0.39, 0.29) is 5.56 Å².